The summed E-state index contributed by atoms with van der Waals surface area (Å²) in [4.78, 5) is 6.92. The second-order valence-electron chi connectivity index (χ2n) is 7.01. The van der Waals surface area contributed by atoms with E-state index >= 15 is 0 Å². The third kappa shape index (κ3) is 5.84. The van der Waals surface area contributed by atoms with Gasteiger partial charge in [0, 0.05) is 44.6 Å². The van der Waals surface area contributed by atoms with Crippen LogP contribution in [0, 0.1) is 5.92 Å². The van der Waals surface area contributed by atoms with Crippen LogP contribution in [0.1, 0.15) is 45.6 Å². The maximum atomic E-state index is 5.60. The first kappa shape index (κ1) is 23.2. The highest BCUT2D eigenvalue weighted by Gasteiger charge is 2.30. The zero-order valence-electron chi connectivity index (χ0n) is 16.8. The van der Waals surface area contributed by atoms with Gasteiger partial charge < -0.3 is 15.0 Å². The molecule has 0 saturated carbocycles. The summed E-state index contributed by atoms with van der Waals surface area (Å²) in [6, 6.07) is 10.9. The fourth-order valence-electron chi connectivity index (χ4n) is 3.83. The lowest BCUT2D eigenvalue weighted by Gasteiger charge is -2.34. The van der Waals surface area contributed by atoms with Crippen LogP contribution < -0.4 is 5.32 Å². The SMILES string of the molecule is CCOCC1CCN(C(=NC)NCC(CC)(CC)c2ccccc2)C1.I. The molecular weight excluding hydrogens is 437 g/mol. The topological polar surface area (TPSA) is 36.9 Å². The molecule has 0 bridgehead atoms. The first-order valence-electron chi connectivity index (χ1n) is 9.78. The maximum Gasteiger partial charge on any atom is 0.193 e. The van der Waals surface area contributed by atoms with Crippen molar-refractivity contribution in [1.29, 1.82) is 0 Å². The van der Waals surface area contributed by atoms with Gasteiger partial charge in [-0.2, -0.15) is 0 Å². The molecule has 26 heavy (non-hydrogen) atoms. The van der Waals surface area contributed by atoms with E-state index in [2.05, 4.69) is 66.3 Å². The van der Waals surface area contributed by atoms with Crippen LogP contribution in [-0.2, 0) is 10.2 Å². The lowest BCUT2D eigenvalue weighted by Crippen LogP contribution is -2.46. The third-order valence-electron chi connectivity index (χ3n) is 5.68. The van der Waals surface area contributed by atoms with Gasteiger partial charge in [-0.05, 0) is 31.7 Å². The number of hydrogen-bond acceptors (Lipinski definition) is 2. The summed E-state index contributed by atoms with van der Waals surface area (Å²) < 4.78 is 5.60. The Hall–Kier alpha value is -0.820. The smallest absolute Gasteiger partial charge is 0.193 e. The number of ether oxygens (including phenoxy) is 1. The van der Waals surface area contributed by atoms with Gasteiger partial charge in [-0.3, -0.25) is 4.99 Å². The first-order chi connectivity index (χ1) is 12.2. The molecule has 148 valence electrons. The summed E-state index contributed by atoms with van der Waals surface area (Å²) in [5, 5.41) is 3.66. The molecule has 1 aromatic carbocycles. The van der Waals surface area contributed by atoms with Crippen LogP contribution >= 0.6 is 24.0 Å². The Balaban J connectivity index is 0.00000338. The van der Waals surface area contributed by atoms with E-state index in [4.69, 9.17) is 4.74 Å². The molecule has 1 fully saturated rings. The highest BCUT2D eigenvalue weighted by atomic mass is 127. The quantitative estimate of drug-likeness (QED) is 0.348. The predicted molar refractivity (Wildman–Crippen MR) is 122 cm³/mol. The summed E-state index contributed by atoms with van der Waals surface area (Å²) in [6.45, 7) is 11.3. The maximum absolute atomic E-state index is 5.60. The Morgan fingerprint density at radius 3 is 2.50 bits per heavy atom. The number of aliphatic imine (C=N–C) groups is 1. The van der Waals surface area contributed by atoms with Gasteiger partial charge in [0.2, 0.25) is 0 Å². The summed E-state index contributed by atoms with van der Waals surface area (Å²) in [7, 11) is 1.89. The fourth-order valence-corrected chi connectivity index (χ4v) is 3.83. The minimum Gasteiger partial charge on any atom is -0.381 e. The minimum absolute atomic E-state index is 0. The van der Waals surface area contributed by atoms with Gasteiger partial charge in [0.25, 0.3) is 0 Å². The number of nitrogens with one attached hydrogen (secondary N) is 1. The molecule has 1 saturated heterocycles. The Bertz CT molecular complexity index is 531. The number of likely N-dealkylation sites (tertiary alicyclic amines) is 1. The molecule has 1 aliphatic heterocycles. The average molecular weight is 473 g/mol. The zero-order valence-corrected chi connectivity index (χ0v) is 19.2. The van der Waals surface area contributed by atoms with Crippen LogP contribution in [0.15, 0.2) is 35.3 Å². The van der Waals surface area contributed by atoms with Gasteiger partial charge in [-0.1, -0.05) is 44.2 Å². The highest BCUT2D eigenvalue weighted by molar-refractivity contribution is 14.0. The molecule has 1 unspecified atom stereocenters. The van der Waals surface area contributed by atoms with Gasteiger partial charge in [0.15, 0.2) is 5.96 Å². The van der Waals surface area contributed by atoms with Crippen molar-refractivity contribution < 1.29 is 4.74 Å². The molecule has 1 heterocycles. The van der Waals surface area contributed by atoms with E-state index in [1.54, 1.807) is 0 Å². The second kappa shape index (κ2) is 11.8. The molecule has 0 aliphatic carbocycles. The minimum atomic E-state index is 0. The van der Waals surface area contributed by atoms with E-state index in [1.807, 2.05) is 7.05 Å². The first-order valence-corrected chi connectivity index (χ1v) is 9.78. The second-order valence-corrected chi connectivity index (χ2v) is 7.01. The summed E-state index contributed by atoms with van der Waals surface area (Å²) in [5.74, 6) is 1.65. The Labute approximate surface area is 176 Å². The largest absolute Gasteiger partial charge is 0.381 e. The van der Waals surface area contributed by atoms with Crippen molar-refractivity contribution in [1.82, 2.24) is 10.2 Å². The van der Waals surface area contributed by atoms with Crippen LogP contribution in [0.3, 0.4) is 0 Å². The summed E-state index contributed by atoms with van der Waals surface area (Å²) in [6.07, 6.45) is 3.42. The van der Waals surface area contributed by atoms with Crippen LogP contribution in [0.5, 0.6) is 0 Å². The van der Waals surface area contributed by atoms with E-state index < -0.39 is 0 Å². The highest BCUT2D eigenvalue weighted by Crippen LogP contribution is 2.31. The number of halogens is 1. The van der Waals surface area contributed by atoms with Crippen LogP contribution in [0.25, 0.3) is 0 Å². The number of nitrogens with zero attached hydrogens (tertiary/aromatic N) is 2. The number of hydrogen-bond donors (Lipinski definition) is 1. The monoisotopic (exact) mass is 473 g/mol. The molecular formula is C21H36IN3O. The van der Waals surface area contributed by atoms with Crippen LogP contribution in [-0.4, -0.2) is 50.8 Å². The molecule has 1 aromatic rings. The molecule has 0 radical (unpaired) electrons. The van der Waals surface area contributed by atoms with E-state index in [9.17, 15) is 0 Å². The summed E-state index contributed by atoms with van der Waals surface area (Å²) in [5.41, 5.74) is 1.57. The van der Waals surface area contributed by atoms with Gasteiger partial charge in [0.05, 0.1) is 6.61 Å². The van der Waals surface area contributed by atoms with Crippen molar-refractivity contribution in [2.45, 2.75) is 45.4 Å². The van der Waals surface area contributed by atoms with Gasteiger partial charge in [-0.25, -0.2) is 0 Å². The number of rotatable bonds is 8. The summed E-state index contributed by atoms with van der Waals surface area (Å²) >= 11 is 0. The molecule has 1 aliphatic rings. The van der Waals surface area contributed by atoms with E-state index in [0.29, 0.717) is 5.92 Å². The van der Waals surface area contributed by atoms with Crippen molar-refractivity contribution in [2.24, 2.45) is 10.9 Å². The lowest BCUT2D eigenvalue weighted by atomic mass is 9.76. The molecule has 0 amide bonds. The standard InChI is InChI=1S/C21H35N3O.HI/c1-5-21(6-2,19-11-9-8-10-12-19)17-23-20(22-4)24-14-13-18(15-24)16-25-7-3;/h8-12,18H,5-7,13-17H2,1-4H3,(H,22,23);1H. The van der Waals surface area contributed by atoms with E-state index in [0.717, 1.165) is 51.6 Å². The molecule has 4 nitrogen and oxygen atoms in total. The molecule has 1 N–H and O–H groups in total. The fraction of sp³-hybridized carbons (Fsp3) is 0.667. The van der Waals surface area contributed by atoms with E-state index in [-0.39, 0.29) is 29.4 Å². The van der Waals surface area contributed by atoms with Crippen molar-refractivity contribution in [3.05, 3.63) is 35.9 Å². The molecule has 2 rings (SSSR count). The lowest BCUT2D eigenvalue weighted by molar-refractivity contribution is 0.114. The van der Waals surface area contributed by atoms with Crippen LogP contribution in [0.2, 0.25) is 0 Å². The molecule has 0 spiro atoms. The van der Waals surface area contributed by atoms with Gasteiger partial charge in [0.1, 0.15) is 0 Å². The molecule has 5 heteroatoms. The average Bonchev–Trinajstić information content (AvgIpc) is 3.13. The predicted octanol–water partition coefficient (Wildman–Crippen LogP) is 4.30. The van der Waals surface area contributed by atoms with Crippen molar-refractivity contribution in [2.75, 3.05) is 39.9 Å². The van der Waals surface area contributed by atoms with Gasteiger partial charge >= 0.3 is 0 Å². The normalized spacial score (nSPS) is 17.9. The third-order valence-corrected chi connectivity index (χ3v) is 5.68. The van der Waals surface area contributed by atoms with Gasteiger partial charge in [-0.15, -0.1) is 24.0 Å². The Morgan fingerprint density at radius 2 is 1.92 bits per heavy atom. The molecule has 0 aromatic heterocycles. The number of benzene rings is 1. The van der Waals surface area contributed by atoms with Crippen molar-refractivity contribution in [3.63, 3.8) is 0 Å². The Kier molecular flexibility index (Phi) is 10.5. The van der Waals surface area contributed by atoms with Crippen molar-refractivity contribution in [3.8, 4) is 0 Å². The molecule has 1 atom stereocenters. The number of guanidine groups is 1. The zero-order chi connectivity index (χ0) is 18.1. The van der Waals surface area contributed by atoms with Crippen LogP contribution in [0.4, 0.5) is 0 Å². The van der Waals surface area contributed by atoms with Crippen molar-refractivity contribution >= 4 is 29.9 Å². The Morgan fingerprint density at radius 1 is 1.23 bits per heavy atom. The van der Waals surface area contributed by atoms with E-state index in [1.165, 1.54) is 12.0 Å².